The Labute approximate surface area is 77.8 Å². The van der Waals surface area contributed by atoms with Gasteiger partial charge in [-0.25, -0.2) is 0 Å². The van der Waals surface area contributed by atoms with Crippen molar-refractivity contribution in [1.82, 2.24) is 4.90 Å². The molecule has 1 atom stereocenters. The fourth-order valence-corrected chi connectivity index (χ4v) is 1.26. The zero-order valence-corrected chi connectivity index (χ0v) is 7.17. The molecule has 0 aromatic rings. The number of carbonyl (C=O) groups is 2. The van der Waals surface area contributed by atoms with Gasteiger partial charge in [0.15, 0.2) is 5.78 Å². The number of amides is 1. The van der Waals surface area contributed by atoms with E-state index in [1.165, 1.54) is 0 Å². The first-order chi connectivity index (χ1) is 6.38. The molecule has 1 unspecified atom stereocenters. The van der Waals surface area contributed by atoms with Gasteiger partial charge in [0.05, 0.1) is 12.6 Å². The number of likely N-dealkylation sites (tertiary alicyclic amines) is 1. The quantitative estimate of drug-likeness (QED) is 0.679. The molecule has 0 aromatic heterocycles. The lowest BCUT2D eigenvalue weighted by Gasteiger charge is -2.39. The third-order valence-corrected chi connectivity index (χ3v) is 2.10. The molecule has 0 aliphatic carbocycles. The van der Waals surface area contributed by atoms with Crippen molar-refractivity contribution in [3.63, 3.8) is 0 Å². The summed E-state index contributed by atoms with van der Waals surface area (Å²) in [4.78, 5) is 22.1. The highest BCUT2D eigenvalue weighted by molar-refractivity contribution is 5.93. The van der Waals surface area contributed by atoms with Crippen LogP contribution in [0.1, 0.15) is 6.42 Å². The Morgan fingerprint density at radius 2 is 2.00 bits per heavy atom. The zero-order chi connectivity index (χ0) is 10.9. The minimum atomic E-state index is -4.91. The second-order valence-corrected chi connectivity index (χ2v) is 2.97. The summed E-state index contributed by atoms with van der Waals surface area (Å²) in [5, 5.41) is 0. The molecule has 1 heterocycles. The van der Waals surface area contributed by atoms with E-state index in [0.29, 0.717) is 4.90 Å². The van der Waals surface area contributed by atoms with Crippen molar-refractivity contribution in [3.05, 3.63) is 0 Å². The number of carbonyl (C=O) groups excluding carboxylic acids is 2. The number of rotatable bonds is 2. The van der Waals surface area contributed by atoms with Crippen molar-refractivity contribution >= 4 is 11.7 Å². The van der Waals surface area contributed by atoms with E-state index in [1.54, 1.807) is 0 Å². The van der Waals surface area contributed by atoms with Crippen molar-refractivity contribution in [2.75, 3.05) is 13.1 Å². The van der Waals surface area contributed by atoms with Gasteiger partial charge in [-0.2, -0.15) is 13.2 Å². The maximum Gasteiger partial charge on any atom is 0.471 e. The summed E-state index contributed by atoms with van der Waals surface area (Å²) in [6.45, 7) is -0.374. The number of hydrogen-bond acceptors (Lipinski definition) is 3. The normalized spacial score (nSPS) is 21.7. The molecule has 1 aliphatic heterocycles. The summed E-state index contributed by atoms with van der Waals surface area (Å²) in [6.07, 6.45) is -4.65. The summed E-state index contributed by atoms with van der Waals surface area (Å²) in [7, 11) is 0. The molecule has 0 saturated carbocycles. The third kappa shape index (κ3) is 1.87. The van der Waals surface area contributed by atoms with Crippen LogP contribution < -0.4 is 5.73 Å². The Hall–Kier alpha value is -1.11. The van der Waals surface area contributed by atoms with Crippen LogP contribution in [-0.2, 0) is 9.59 Å². The van der Waals surface area contributed by atoms with Crippen LogP contribution in [0, 0.1) is 0 Å². The second kappa shape index (κ2) is 3.56. The van der Waals surface area contributed by atoms with E-state index in [-0.39, 0.29) is 19.5 Å². The molecule has 0 aromatic carbocycles. The highest BCUT2D eigenvalue weighted by Gasteiger charge is 2.49. The summed E-state index contributed by atoms with van der Waals surface area (Å²) < 4.78 is 35.8. The summed E-state index contributed by atoms with van der Waals surface area (Å²) in [5.41, 5.74) is 4.99. The maximum atomic E-state index is 11.9. The van der Waals surface area contributed by atoms with Gasteiger partial charge in [0.25, 0.3) is 0 Å². The lowest BCUT2D eigenvalue weighted by Crippen LogP contribution is -2.59. The van der Waals surface area contributed by atoms with E-state index < -0.39 is 23.9 Å². The average Bonchev–Trinajstić information content (AvgIpc) is 2.00. The molecule has 80 valence electrons. The first kappa shape index (κ1) is 11.0. The Balaban J connectivity index is 2.64. The van der Waals surface area contributed by atoms with Crippen molar-refractivity contribution in [3.8, 4) is 0 Å². The molecule has 0 radical (unpaired) electrons. The van der Waals surface area contributed by atoms with Crippen LogP contribution in [0.5, 0.6) is 0 Å². The number of nitrogens with zero attached hydrogens (tertiary/aromatic N) is 1. The van der Waals surface area contributed by atoms with Gasteiger partial charge in [0, 0.05) is 6.54 Å². The molecule has 1 amide bonds. The number of ketones is 1. The molecule has 14 heavy (non-hydrogen) atoms. The highest BCUT2D eigenvalue weighted by atomic mass is 19.4. The van der Waals surface area contributed by atoms with Crippen LogP contribution in [0.15, 0.2) is 0 Å². The van der Waals surface area contributed by atoms with Gasteiger partial charge < -0.3 is 10.6 Å². The van der Waals surface area contributed by atoms with E-state index in [4.69, 9.17) is 5.73 Å². The number of alkyl halides is 3. The maximum absolute atomic E-state index is 11.9. The zero-order valence-electron chi connectivity index (χ0n) is 7.17. The average molecular weight is 210 g/mol. The summed E-state index contributed by atoms with van der Waals surface area (Å²) in [6, 6.07) is -0.978. The molecule has 0 spiro atoms. The van der Waals surface area contributed by atoms with E-state index in [0.717, 1.165) is 0 Å². The number of nitrogens with two attached hydrogens (primary N) is 1. The number of Topliss-reactive ketones (excluding diaryl/α,β-unsaturated/α-hetero) is 1. The first-order valence-electron chi connectivity index (χ1n) is 3.98. The first-order valence-corrected chi connectivity index (χ1v) is 3.98. The lowest BCUT2D eigenvalue weighted by atomic mass is 9.98. The van der Waals surface area contributed by atoms with Gasteiger partial charge in [-0.05, 0) is 6.42 Å². The van der Waals surface area contributed by atoms with E-state index in [9.17, 15) is 22.8 Å². The molecular formula is C7H9F3N2O2. The summed E-state index contributed by atoms with van der Waals surface area (Å²) >= 11 is 0. The predicted molar refractivity (Wildman–Crippen MR) is 40.2 cm³/mol. The highest BCUT2D eigenvalue weighted by Crippen LogP contribution is 2.26. The van der Waals surface area contributed by atoms with Crippen molar-refractivity contribution in [2.24, 2.45) is 5.73 Å². The van der Waals surface area contributed by atoms with Gasteiger partial charge in [0.2, 0.25) is 0 Å². The fraction of sp³-hybridized carbons (Fsp3) is 0.714. The Bertz CT molecular complexity index is 264. The fourth-order valence-electron chi connectivity index (χ4n) is 1.26. The number of hydrogen-bond donors (Lipinski definition) is 1. The van der Waals surface area contributed by atoms with E-state index >= 15 is 0 Å². The molecule has 1 rings (SSSR count). The van der Waals surface area contributed by atoms with Crippen LogP contribution in [-0.4, -0.2) is 41.9 Å². The molecule has 1 fully saturated rings. The van der Waals surface area contributed by atoms with Gasteiger partial charge in [0.1, 0.15) is 0 Å². The lowest BCUT2D eigenvalue weighted by molar-refractivity contribution is -0.193. The van der Waals surface area contributed by atoms with E-state index in [1.807, 2.05) is 0 Å². The monoisotopic (exact) mass is 210 g/mol. The second-order valence-electron chi connectivity index (χ2n) is 2.97. The van der Waals surface area contributed by atoms with Crippen molar-refractivity contribution < 1.29 is 22.8 Å². The Morgan fingerprint density at radius 3 is 2.29 bits per heavy atom. The summed E-state index contributed by atoms with van der Waals surface area (Å²) in [5.74, 6) is -2.50. The van der Waals surface area contributed by atoms with Crippen molar-refractivity contribution in [2.45, 2.75) is 18.6 Å². The van der Waals surface area contributed by atoms with Crippen LogP contribution in [0.2, 0.25) is 0 Å². The van der Waals surface area contributed by atoms with Crippen LogP contribution in [0.25, 0.3) is 0 Å². The minimum absolute atomic E-state index is 0.0330. The van der Waals surface area contributed by atoms with Crippen LogP contribution in [0.3, 0.4) is 0 Å². The van der Waals surface area contributed by atoms with Crippen LogP contribution in [0.4, 0.5) is 13.2 Å². The van der Waals surface area contributed by atoms with Gasteiger partial charge >= 0.3 is 12.1 Å². The standard InChI is InChI=1S/C7H9F3N2O2/c8-7(9,10)6(14)12-2-1-4(12)5(13)3-11/h4H,1-3,11H2. The molecule has 2 N–H and O–H groups in total. The topological polar surface area (TPSA) is 63.4 Å². The smallest absolute Gasteiger partial charge is 0.325 e. The Kier molecular flexibility index (Phi) is 2.79. The number of halogens is 3. The third-order valence-electron chi connectivity index (χ3n) is 2.10. The van der Waals surface area contributed by atoms with Crippen molar-refractivity contribution in [1.29, 1.82) is 0 Å². The van der Waals surface area contributed by atoms with Gasteiger partial charge in [-0.15, -0.1) is 0 Å². The Morgan fingerprint density at radius 1 is 1.43 bits per heavy atom. The predicted octanol–water partition coefficient (Wildman–Crippen LogP) is -0.323. The largest absolute Gasteiger partial charge is 0.471 e. The van der Waals surface area contributed by atoms with E-state index in [2.05, 4.69) is 0 Å². The molecule has 0 bridgehead atoms. The van der Waals surface area contributed by atoms with Crippen LogP contribution >= 0.6 is 0 Å². The molecule has 1 aliphatic rings. The SMILES string of the molecule is NCC(=O)C1CCN1C(=O)C(F)(F)F. The molecule has 7 heteroatoms. The van der Waals surface area contributed by atoms with Gasteiger partial charge in [-0.1, -0.05) is 0 Å². The molecule has 4 nitrogen and oxygen atoms in total. The molecular weight excluding hydrogens is 201 g/mol. The minimum Gasteiger partial charge on any atom is -0.325 e. The van der Waals surface area contributed by atoms with Gasteiger partial charge in [-0.3, -0.25) is 9.59 Å². The molecule has 1 saturated heterocycles.